The molecule has 1 aliphatic heterocycles. The molecule has 0 bridgehead atoms. The minimum atomic E-state index is -0.344. The van der Waals surface area contributed by atoms with Gasteiger partial charge in [-0.05, 0) is 65.1 Å². The van der Waals surface area contributed by atoms with E-state index < -0.39 is 0 Å². The van der Waals surface area contributed by atoms with Gasteiger partial charge in [0.2, 0.25) is 0 Å². The molecule has 0 saturated carbocycles. The van der Waals surface area contributed by atoms with Crippen LogP contribution in [-0.2, 0) is 0 Å². The van der Waals surface area contributed by atoms with Gasteiger partial charge in [-0.25, -0.2) is 0 Å². The number of likely N-dealkylation sites (tertiary alicyclic amines) is 1. The largest absolute Gasteiger partial charge is 0.300 e. The van der Waals surface area contributed by atoms with Crippen molar-refractivity contribution in [1.29, 1.82) is 5.26 Å². The van der Waals surface area contributed by atoms with Crippen molar-refractivity contribution >= 4 is 0 Å². The third-order valence-corrected chi connectivity index (χ3v) is 4.60. The summed E-state index contributed by atoms with van der Waals surface area (Å²) in [5.41, 5.74) is -0.344. The molecule has 1 N–H and O–H groups in total. The van der Waals surface area contributed by atoms with Crippen molar-refractivity contribution in [2.24, 2.45) is 0 Å². The molecule has 1 rings (SSSR count). The first-order valence-electron chi connectivity index (χ1n) is 8.55. The van der Waals surface area contributed by atoms with E-state index in [1.54, 1.807) is 0 Å². The quantitative estimate of drug-likeness (QED) is 0.736. The molecule has 20 heavy (non-hydrogen) atoms. The van der Waals surface area contributed by atoms with Gasteiger partial charge < -0.3 is 4.90 Å². The molecule has 3 nitrogen and oxygen atoms in total. The third kappa shape index (κ3) is 5.81. The molecule has 0 aromatic carbocycles. The number of hydrogen-bond donors (Lipinski definition) is 1. The average Bonchev–Trinajstić information content (AvgIpc) is 2.70. The molecule has 0 radical (unpaired) electrons. The van der Waals surface area contributed by atoms with Gasteiger partial charge in [0, 0.05) is 6.04 Å². The first kappa shape index (κ1) is 17.5. The van der Waals surface area contributed by atoms with Crippen LogP contribution in [0.1, 0.15) is 72.1 Å². The van der Waals surface area contributed by atoms with E-state index in [0.717, 1.165) is 38.4 Å². The van der Waals surface area contributed by atoms with E-state index in [0.29, 0.717) is 0 Å². The molecule has 0 amide bonds. The second-order valence-electron chi connectivity index (χ2n) is 6.42. The third-order valence-electron chi connectivity index (χ3n) is 4.60. The van der Waals surface area contributed by atoms with Gasteiger partial charge in [-0.3, -0.25) is 5.32 Å². The summed E-state index contributed by atoms with van der Waals surface area (Å²) >= 11 is 0. The van der Waals surface area contributed by atoms with Crippen molar-refractivity contribution in [3.63, 3.8) is 0 Å². The summed E-state index contributed by atoms with van der Waals surface area (Å²) in [6.07, 6.45) is 9.92. The fourth-order valence-corrected chi connectivity index (χ4v) is 3.21. The van der Waals surface area contributed by atoms with Crippen molar-refractivity contribution in [2.45, 2.75) is 83.7 Å². The molecule has 1 fully saturated rings. The Hall–Kier alpha value is -0.590. The lowest BCUT2D eigenvalue weighted by Crippen LogP contribution is -2.42. The van der Waals surface area contributed by atoms with Crippen LogP contribution in [0.4, 0.5) is 0 Å². The molecule has 1 saturated heterocycles. The minimum absolute atomic E-state index is 0.344. The molecular weight excluding hydrogens is 246 g/mol. The molecule has 1 heterocycles. The maximum atomic E-state index is 9.37. The summed E-state index contributed by atoms with van der Waals surface area (Å²) in [6, 6.07) is 3.23. The monoisotopic (exact) mass is 279 g/mol. The Kier molecular flexibility index (Phi) is 8.18. The average molecular weight is 279 g/mol. The predicted molar refractivity (Wildman–Crippen MR) is 85.7 cm³/mol. The van der Waals surface area contributed by atoms with Crippen LogP contribution in [0, 0.1) is 11.3 Å². The van der Waals surface area contributed by atoms with E-state index >= 15 is 0 Å². The molecular formula is C17H33N3. The first-order valence-corrected chi connectivity index (χ1v) is 8.55. The summed E-state index contributed by atoms with van der Waals surface area (Å²) in [6.45, 7) is 9.85. The summed E-state index contributed by atoms with van der Waals surface area (Å²) in [4.78, 5) is 2.67. The first-order chi connectivity index (χ1) is 9.65. The number of nitrogens with one attached hydrogen (secondary N) is 1. The standard InChI is InChI=1S/C17H33N3/c1-4-12-19-17(3,15-18)11-9-14-20-13-8-6-7-10-16(20)5-2/h16,19H,4-14H2,1-3H3. The Morgan fingerprint density at radius 1 is 1.30 bits per heavy atom. The highest BCUT2D eigenvalue weighted by Gasteiger charge is 2.24. The summed E-state index contributed by atoms with van der Waals surface area (Å²) in [5.74, 6) is 0. The van der Waals surface area contributed by atoms with Gasteiger partial charge in [-0.1, -0.05) is 26.7 Å². The zero-order chi connectivity index (χ0) is 14.8. The van der Waals surface area contributed by atoms with Gasteiger partial charge in [-0.15, -0.1) is 0 Å². The van der Waals surface area contributed by atoms with E-state index in [1.807, 2.05) is 6.92 Å². The van der Waals surface area contributed by atoms with E-state index in [-0.39, 0.29) is 5.54 Å². The lowest BCUT2D eigenvalue weighted by atomic mass is 9.97. The zero-order valence-corrected chi connectivity index (χ0v) is 13.7. The highest BCUT2D eigenvalue weighted by molar-refractivity contribution is 5.03. The second-order valence-corrected chi connectivity index (χ2v) is 6.42. The Bertz CT molecular complexity index is 297. The van der Waals surface area contributed by atoms with Crippen LogP contribution in [0.3, 0.4) is 0 Å². The van der Waals surface area contributed by atoms with E-state index in [9.17, 15) is 5.26 Å². The van der Waals surface area contributed by atoms with Gasteiger partial charge in [0.1, 0.15) is 5.54 Å². The van der Waals surface area contributed by atoms with Gasteiger partial charge in [0.05, 0.1) is 6.07 Å². The van der Waals surface area contributed by atoms with E-state index in [2.05, 4.69) is 30.1 Å². The summed E-state index contributed by atoms with van der Waals surface area (Å²) in [7, 11) is 0. The lowest BCUT2D eigenvalue weighted by Gasteiger charge is -2.30. The Labute approximate surface area is 125 Å². The lowest BCUT2D eigenvalue weighted by molar-refractivity contribution is 0.186. The molecule has 0 aromatic heterocycles. The fourth-order valence-electron chi connectivity index (χ4n) is 3.21. The number of hydrogen-bond acceptors (Lipinski definition) is 3. The smallest absolute Gasteiger partial charge is 0.103 e. The van der Waals surface area contributed by atoms with E-state index in [4.69, 9.17) is 0 Å². The summed E-state index contributed by atoms with van der Waals surface area (Å²) < 4.78 is 0. The van der Waals surface area contributed by atoms with Gasteiger partial charge in [-0.2, -0.15) is 5.26 Å². The maximum absolute atomic E-state index is 9.37. The van der Waals surface area contributed by atoms with Crippen LogP contribution >= 0.6 is 0 Å². The molecule has 0 aliphatic carbocycles. The number of nitrogens with zero attached hydrogens (tertiary/aromatic N) is 2. The Morgan fingerprint density at radius 3 is 2.75 bits per heavy atom. The van der Waals surface area contributed by atoms with Gasteiger partial charge in [0.15, 0.2) is 0 Å². The normalized spacial score (nSPS) is 23.8. The van der Waals surface area contributed by atoms with Crippen LogP contribution in [0.2, 0.25) is 0 Å². The molecule has 1 aliphatic rings. The van der Waals surface area contributed by atoms with Crippen molar-refractivity contribution in [1.82, 2.24) is 10.2 Å². The van der Waals surface area contributed by atoms with Crippen LogP contribution in [0.25, 0.3) is 0 Å². The van der Waals surface area contributed by atoms with Crippen molar-refractivity contribution in [3.05, 3.63) is 0 Å². The van der Waals surface area contributed by atoms with Crippen molar-refractivity contribution in [3.8, 4) is 6.07 Å². The van der Waals surface area contributed by atoms with Crippen LogP contribution in [-0.4, -0.2) is 36.1 Å². The van der Waals surface area contributed by atoms with Gasteiger partial charge in [0.25, 0.3) is 0 Å². The van der Waals surface area contributed by atoms with Crippen LogP contribution < -0.4 is 5.32 Å². The molecule has 2 unspecified atom stereocenters. The van der Waals surface area contributed by atoms with Crippen molar-refractivity contribution in [2.75, 3.05) is 19.6 Å². The van der Waals surface area contributed by atoms with Crippen molar-refractivity contribution < 1.29 is 0 Å². The number of rotatable bonds is 8. The summed E-state index contributed by atoms with van der Waals surface area (Å²) in [5, 5.41) is 12.8. The van der Waals surface area contributed by atoms with Crippen LogP contribution in [0.5, 0.6) is 0 Å². The maximum Gasteiger partial charge on any atom is 0.103 e. The Balaban J connectivity index is 2.38. The molecule has 3 heteroatoms. The second kappa shape index (κ2) is 9.37. The SMILES string of the molecule is CCCNC(C)(C#N)CCCN1CCCCCC1CC. The number of nitriles is 1. The minimum Gasteiger partial charge on any atom is -0.300 e. The topological polar surface area (TPSA) is 39.1 Å². The molecule has 0 aromatic rings. The predicted octanol–water partition coefficient (Wildman–Crippen LogP) is 3.70. The zero-order valence-electron chi connectivity index (χ0n) is 13.7. The Morgan fingerprint density at radius 2 is 2.10 bits per heavy atom. The highest BCUT2D eigenvalue weighted by atomic mass is 15.2. The highest BCUT2D eigenvalue weighted by Crippen LogP contribution is 2.20. The molecule has 0 spiro atoms. The fraction of sp³-hybridized carbons (Fsp3) is 0.941. The van der Waals surface area contributed by atoms with Gasteiger partial charge >= 0.3 is 0 Å². The molecule has 2 atom stereocenters. The molecule has 116 valence electrons. The van der Waals surface area contributed by atoms with E-state index in [1.165, 1.54) is 38.6 Å². The van der Waals surface area contributed by atoms with Crippen LogP contribution in [0.15, 0.2) is 0 Å².